The SMILES string of the molecule is C[C@@H]1C[C@@H]1C(=O)NCc1ccc(CN2CCOCC2)cc1. The number of nitrogens with zero attached hydrogens (tertiary/aromatic N) is 1. The molecule has 1 N–H and O–H groups in total. The van der Waals surface area contributed by atoms with Crippen LogP contribution in [0.4, 0.5) is 0 Å². The van der Waals surface area contributed by atoms with Crippen LogP contribution in [0, 0.1) is 11.8 Å². The number of morpholine rings is 1. The van der Waals surface area contributed by atoms with Gasteiger partial charge in [-0.15, -0.1) is 0 Å². The highest BCUT2D eigenvalue weighted by Crippen LogP contribution is 2.37. The lowest BCUT2D eigenvalue weighted by molar-refractivity contribution is -0.122. The fraction of sp³-hybridized carbons (Fsp3) is 0.588. The second kappa shape index (κ2) is 6.58. The van der Waals surface area contributed by atoms with Crippen LogP contribution in [0.2, 0.25) is 0 Å². The predicted octanol–water partition coefficient (Wildman–Crippen LogP) is 1.79. The van der Waals surface area contributed by atoms with Gasteiger partial charge in [-0.1, -0.05) is 31.2 Å². The second-order valence-electron chi connectivity index (χ2n) is 6.24. The Labute approximate surface area is 126 Å². The first-order valence-electron chi connectivity index (χ1n) is 7.88. The molecular formula is C17H24N2O2. The molecule has 114 valence electrons. The third-order valence-corrected chi connectivity index (χ3v) is 4.45. The van der Waals surface area contributed by atoms with E-state index in [-0.39, 0.29) is 11.8 Å². The van der Waals surface area contributed by atoms with E-state index < -0.39 is 0 Å². The van der Waals surface area contributed by atoms with Crippen LogP contribution >= 0.6 is 0 Å². The molecule has 1 aliphatic heterocycles. The smallest absolute Gasteiger partial charge is 0.223 e. The quantitative estimate of drug-likeness (QED) is 0.898. The maximum atomic E-state index is 11.8. The first kappa shape index (κ1) is 14.5. The minimum absolute atomic E-state index is 0.208. The van der Waals surface area contributed by atoms with Gasteiger partial charge in [-0.2, -0.15) is 0 Å². The highest BCUT2D eigenvalue weighted by molar-refractivity contribution is 5.81. The molecule has 1 saturated heterocycles. The van der Waals surface area contributed by atoms with Crippen LogP contribution in [0.3, 0.4) is 0 Å². The lowest BCUT2D eigenvalue weighted by atomic mass is 10.1. The maximum absolute atomic E-state index is 11.8. The Morgan fingerprint density at radius 1 is 1.24 bits per heavy atom. The molecule has 1 aromatic carbocycles. The molecule has 21 heavy (non-hydrogen) atoms. The van der Waals surface area contributed by atoms with Crippen molar-refractivity contribution in [1.82, 2.24) is 10.2 Å². The largest absolute Gasteiger partial charge is 0.379 e. The Hall–Kier alpha value is -1.39. The van der Waals surface area contributed by atoms with Gasteiger partial charge in [0.1, 0.15) is 0 Å². The van der Waals surface area contributed by atoms with Gasteiger partial charge in [0.15, 0.2) is 0 Å². The van der Waals surface area contributed by atoms with Crippen molar-refractivity contribution >= 4 is 5.91 Å². The Balaban J connectivity index is 1.46. The zero-order valence-electron chi connectivity index (χ0n) is 12.7. The summed E-state index contributed by atoms with van der Waals surface area (Å²) in [6, 6.07) is 8.56. The van der Waals surface area contributed by atoms with E-state index in [1.807, 2.05) is 0 Å². The molecule has 1 amide bonds. The monoisotopic (exact) mass is 288 g/mol. The zero-order chi connectivity index (χ0) is 14.7. The molecule has 0 unspecified atom stereocenters. The minimum Gasteiger partial charge on any atom is -0.379 e. The highest BCUT2D eigenvalue weighted by Gasteiger charge is 2.38. The molecule has 2 fully saturated rings. The summed E-state index contributed by atoms with van der Waals surface area (Å²) >= 11 is 0. The molecule has 0 aromatic heterocycles. The Morgan fingerprint density at radius 3 is 2.48 bits per heavy atom. The summed E-state index contributed by atoms with van der Waals surface area (Å²) in [6.07, 6.45) is 1.05. The number of nitrogens with one attached hydrogen (secondary N) is 1. The average Bonchev–Trinajstić information content (AvgIpc) is 3.24. The number of hydrogen-bond donors (Lipinski definition) is 1. The van der Waals surface area contributed by atoms with E-state index in [9.17, 15) is 4.79 Å². The van der Waals surface area contributed by atoms with Crippen molar-refractivity contribution in [1.29, 1.82) is 0 Å². The van der Waals surface area contributed by atoms with Crippen LogP contribution < -0.4 is 5.32 Å². The predicted molar refractivity (Wildman–Crippen MR) is 81.7 cm³/mol. The molecular weight excluding hydrogens is 264 g/mol. The van der Waals surface area contributed by atoms with E-state index in [2.05, 4.69) is 41.4 Å². The fourth-order valence-electron chi connectivity index (χ4n) is 2.79. The Morgan fingerprint density at radius 2 is 1.86 bits per heavy atom. The zero-order valence-corrected chi connectivity index (χ0v) is 12.7. The number of rotatable bonds is 5. The summed E-state index contributed by atoms with van der Waals surface area (Å²) in [5.41, 5.74) is 2.49. The second-order valence-corrected chi connectivity index (χ2v) is 6.24. The molecule has 2 atom stereocenters. The standard InChI is InChI=1S/C17H24N2O2/c1-13-10-16(13)17(20)18-11-14-2-4-15(5-3-14)12-19-6-8-21-9-7-19/h2-5,13,16H,6-12H2,1H3,(H,18,20)/t13-,16+/m1/s1. The van der Waals surface area contributed by atoms with E-state index in [1.165, 1.54) is 11.1 Å². The van der Waals surface area contributed by atoms with E-state index >= 15 is 0 Å². The first-order chi connectivity index (χ1) is 10.2. The van der Waals surface area contributed by atoms with Crippen LogP contribution in [-0.2, 0) is 22.6 Å². The van der Waals surface area contributed by atoms with Gasteiger partial charge in [0.25, 0.3) is 0 Å². The summed E-state index contributed by atoms with van der Waals surface area (Å²) in [7, 11) is 0. The van der Waals surface area contributed by atoms with Crippen LogP contribution in [0.1, 0.15) is 24.5 Å². The minimum atomic E-state index is 0.208. The first-order valence-corrected chi connectivity index (χ1v) is 7.88. The lowest BCUT2D eigenvalue weighted by Crippen LogP contribution is -2.35. The molecule has 2 aliphatic rings. The highest BCUT2D eigenvalue weighted by atomic mass is 16.5. The van der Waals surface area contributed by atoms with Crippen molar-refractivity contribution < 1.29 is 9.53 Å². The third kappa shape index (κ3) is 4.05. The van der Waals surface area contributed by atoms with Gasteiger partial charge in [0.05, 0.1) is 13.2 Å². The molecule has 1 aromatic rings. The molecule has 1 aliphatic carbocycles. The summed E-state index contributed by atoms with van der Waals surface area (Å²) in [4.78, 5) is 14.2. The number of ether oxygens (including phenoxy) is 1. The van der Waals surface area contributed by atoms with E-state index in [1.54, 1.807) is 0 Å². The Bertz CT molecular complexity index is 480. The van der Waals surface area contributed by atoms with E-state index in [0.29, 0.717) is 12.5 Å². The number of carbonyl (C=O) groups is 1. The van der Waals surface area contributed by atoms with Gasteiger partial charge in [-0.05, 0) is 23.5 Å². The molecule has 4 heteroatoms. The van der Waals surface area contributed by atoms with Gasteiger partial charge >= 0.3 is 0 Å². The summed E-state index contributed by atoms with van der Waals surface area (Å²) in [5.74, 6) is 1.03. The maximum Gasteiger partial charge on any atom is 0.223 e. The van der Waals surface area contributed by atoms with Crippen molar-refractivity contribution in [2.45, 2.75) is 26.4 Å². The normalized spacial score (nSPS) is 25.6. The molecule has 0 bridgehead atoms. The Kier molecular flexibility index (Phi) is 4.56. The van der Waals surface area contributed by atoms with E-state index in [4.69, 9.17) is 4.74 Å². The third-order valence-electron chi connectivity index (χ3n) is 4.45. The topological polar surface area (TPSA) is 41.6 Å². The molecule has 0 radical (unpaired) electrons. The number of carbonyl (C=O) groups excluding carboxylic acids is 1. The number of hydrogen-bond acceptors (Lipinski definition) is 3. The molecule has 0 spiro atoms. The summed E-state index contributed by atoms with van der Waals surface area (Å²) in [5, 5.41) is 3.03. The number of benzene rings is 1. The molecule has 3 rings (SSSR count). The van der Waals surface area contributed by atoms with E-state index in [0.717, 1.165) is 39.3 Å². The average molecular weight is 288 g/mol. The van der Waals surface area contributed by atoms with Gasteiger partial charge in [0, 0.05) is 32.1 Å². The fourth-order valence-corrected chi connectivity index (χ4v) is 2.79. The van der Waals surface area contributed by atoms with Crippen molar-refractivity contribution in [3.8, 4) is 0 Å². The van der Waals surface area contributed by atoms with Crippen molar-refractivity contribution in [3.05, 3.63) is 35.4 Å². The van der Waals surface area contributed by atoms with Gasteiger partial charge in [-0.25, -0.2) is 0 Å². The summed E-state index contributed by atoms with van der Waals surface area (Å²) in [6.45, 7) is 7.45. The van der Waals surface area contributed by atoms with Gasteiger partial charge < -0.3 is 10.1 Å². The van der Waals surface area contributed by atoms with Gasteiger partial charge in [-0.3, -0.25) is 9.69 Å². The van der Waals surface area contributed by atoms with Gasteiger partial charge in [0.2, 0.25) is 5.91 Å². The van der Waals surface area contributed by atoms with Crippen molar-refractivity contribution in [2.75, 3.05) is 26.3 Å². The van der Waals surface area contributed by atoms with Crippen LogP contribution in [-0.4, -0.2) is 37.1 Å². The van der Waals surface area contributed by atoms with Crippen LogP contribution in [0.25, 0.3) is 0 Å². The van der Waals surface area contributed by atoms with Crippen LogP contribution in [0.5, 0.6) is 0 Å². The molecule has 4 nitrogen and oxygen atoms in total. The number of amides is 1. The summed E-state index contributed by atoms with van der Waals surface area (Å²) < 4.78 is 5.36. The van der Waals surface area contributed by atoms with Crippen molar-refractivity contribution in [2.24, 2.45) is 11.8 Å². The molecule has 1 heterocycles. The van der Waals surface area contributed by atoms with Crippen LogP contribution in [0.15, 0.2) is 24.3 Å². The lowest BCUT2D eigenvalue weighted by Gasteiger charge is -2.26. The van der Waals surface area contributed by atoms with Crippen molar-refractivity contribution in [3.63, 3.8) is 0 Å². The molecule has 1 saturated carbocycles.